The van der Waals surface area contributed by atoms with Crippen LogP contribution in [0, 0.1) is 0 Å². The van der Waals surface area contributed by atoms with Crippen molar-refractivity contribution in [2.75, 3.05) is 0 Å². The van der Waals surface area contributed by atoms with Crippen molar-refractivity contribution in [2.24, 2.45) is 0 Å². The molecule has 2 aromatic rings. The second-order valence-electron chi connectivity index (χ2n) is 3.33. The highest BCUT2D eigenvalue weighted by Gasteiger charge is 2.00. The molecule has 0 N–H and O–H groups in total. The lowest BCUT2D eigenvalue weighted by Crippen LogP contribution is -1.77. The maximum absolute atomic E-state index is 12.4. The van der Waals surface area contributed by atoms with E-state index in [1.165, 1.54) is 5.56 Å². The lowest BCUT2D eigenvalue weighted by Gasteiger charge is -1.96. The maximum atomic E-state index is 12.4. The Balaban J connectivity index is 0.000000171. The summed E-state index contributed by atoms with van der Waals surface area (Å²) in [4.78, 5) is 0. The molecule has 0 saturated carbocycles. The molecule has 0 amide bonds. The molecule has 0 heterocycles. The quantitative estimate of drug-likeness (QED) is 0.609. The molecule has 0 aromatic heterocycles. The lowest BCUT2D eigenvalue weighted by atomic mass is 10.2. The van der Waals surface area contributed by atoms with Crippen molar-refractivity contribution in [2.45, 2.75) is 10.4 Å². The van der Waals surface area contributed by atoms with E-state index in [1.54, 1.807) is 12.1 Å². The molecule has 1 atom stereocenters. The van der Waals surface area contributed by atoms with Crippen LogP contribution in [0.4, 0.5) is 4.39 Å². The SMILES string of the molecule is BrCc1ccccc1.FC(Br)c1ccccc1. The Labute approximate surface area is 118 Å². The van der Waals surface area contributed by atoms with Crippen LogP contribution in [-0.2, 0) is 5.33 Å². The summed E-state index contributed by atoms with van der Waals surface area (Å²) < 4.78 is 12.4. The van der Waals surface area contributed by atoms with Crippen molar-refractivity contribution in [1.29, 1.82) is 0 Å². The molecular formula is C14H13Br2F. The average Bonchev–Trinajstić information content (AvgIpc) is 2.41. The summed E-state index contributed by atoms with van der Waals surface area (Å²) in [6.07, 6.45) is 0. The summed E-state index contributed by atoms with van der Waals surface area (Å²) in [6.45, 7) is 0. The Morgan fingerprint density at radius 3 is 1.65 bits per heavy atom. The highest BCUT2D eigenvalue weighted by atomic mass is 79.9. The van der Waals surface area contributed by atoms with Gasteiger partial charge in [-0.3, -0.25) is 0 Å². The van der Waals surface area contributed by atoms with Gasteiger partial charge in [0.05, 0.1) is 0 Å². The van der Waals surface area contributed by atoms with E-state index in [9.17, 15) is 4.39 Å². The van der Waals surface area contributed by atoms with Crippen LogP contribution in [0.15, 0.2) is 60.7 Å². The predicted octanol–water partition coefficient (Wildman–Crippen LogP) is 5.63. The van der Waals surface area contributed by atoms with Crippen LogP contribution in [-0.4, -0.2) is 0 Å². The molecule has 0 aliphatic heterocycles. The zero-order valence-corrected chi connectivity index (χ0v) is 12.4. The van der Waals surface area contributed by atoms with E-state index in [1.807, 2.05) is 36.4 Å². The summed E-state index contributed by atoms with van der Waals surface area (Å²) in [5, 5.41) is -0.0768. The first-order valence-corrected chi connectivity index (χ1v) is 7.20. The molecule has 0 aliphatic carbocycles. The fourth-order valence-electron chi connectivity index (χ4n) is 1.17. The van der Waals surface area contributed by atoms with E-state index in [-0.39, 0.29) is 0 Å². The zero-order valence-electron chi connectivity index (χ0n) is 9.19. The van der Waals surface area contributed by atoms with Gasteiger partial charge in [0.15, 0.2) is 5.08 Å². The molecule has 2 rings (SSSR count). The average molecular weight is 360 g/mol. The summed E-state index contributed by atoms with van der Waals surface area (Å²) in [6, 6.07) is 19.2. The molecule has 3 heteroatoms. The number of halogens is 3. The third-order valence-corrected chi connectivity index (χ3v) is 3.22. The van der Waals surface area contributed by atoms with Crippen molar-refractivity contribution < 1.29 is 4.39 Å². The van der Waals surface area contributed by atoms with Gasteiger partial charge in [-0.2, -0.15) is 0 Å². The van der Waals surface area contributed by atoms with Crippen LogP contribution in [0.3, 0.4) is 0 Å². The van der Waals surface area contributed by atoms with Crippen molar-refractivity contribution in [3.05, 3.63) is 71.8 Å². The second-order valence-corrected chi connectivity index (χ2v) is 4.70. The minimum absolute atomic E-state index is 0.664. The second kappa shape index (κ2) is 8.43. The van der Waals surface area contributed by atoms with Gasteiger partial charge in [0, 0.05) is 5.33 Å². The molecule has 0 bridgehead atoms. The highest BCUT2D eigenvalue weighted by Crippen LogP contribution is 2.22. The van der Waals surface area contributed by atoms with Gasteiger partial charge in [-0.1, -0.05) is 76.6 Å². The normalized spacial score (nSPS) is 11.2. The number of benzene rings is 2. The Bertz CT molecular complexity index is 401. The first kappa shape index (κ1) is 14.4. The third-order valence-electron chi connectivity index (χ3n) is 2.05. The van der Waals surface area contributed by atoms with Crippen molar-refractivity contribution in [3.63, 3.8) is 0 Å². The minimum Gasteiger partial charge on any atom is -0.230 e. The molecule has 0 saturated heterocycles. The fraction of sp³-hybridized carbons (Fsp3) is 0.143. The lowest BCUT2D eigenvalue weighted by molar-refractivity contribution is 0.479. The predicted molar refractivity (Wildman–Crippen MR) is 78.3 cm³/mol. The molecule has 90 valence electrons. The fourth-order valence-corrected chi connectivity index (χ4v) is 1.84. The Morgan fingerprint density at radius 2 is 1.35 bits per heavy atom. The summed E-state index contributed by atoms with van der Waals surface area (Å²) >= 11 is 6.17. The van der Waals surface area contributed by atoms with Crippen molar-refractivity contribution in [3.8, 4) is 0 Å². The van der Waals surface area contributed by atoms with E-state index in [4.69, 9.17) is 0 Å². The van der Waals surface area contributed by atoms with Gasteiger partial charge in [-0.25, -0.2) is 4.39 Å². The van der Waals surface area contributed by atoms with Gasteiger partial charge >= 0.3 is 0 Å². The monoisotopic (exact) mass is 358 g/mol. The number of hydrogen-bond donors (Lipinski definition) is 0. The van der Waals surface area contributed by atoms with Gasteiger partial charge < -0.3 is 0 Å². The molecular weight excluding hydrogens is 347 g/mol. The molecule has 0 radical (unpaired) electrons. The molecule has 2 aromatic carbocycles. The largest absolute Gasteiger partial charge is 0.230 e. The Kier molecular flexibility index (Phi) is 7.13. The van der Waals surface area contributed by atoms with Crippen LogP contribution in [0.1, 0.15) is 16.2 Å². The Hall–Kier alpha value is -0.670. The highest BCUT2D eigenvalue weighted by molar-refractivity contribution is 9.09. The number of hydrogen-bond acceptors (Lipinski definition) is 0. The number of rotatable bonds is 2. The van der Waals surface area contributed by atoms with Crippen LogP contribution < -0.4 is 0 Å². The summed E-state index contributed by atoms with van der Waals surface area (Å²) in [7, 11) is 0. The van der Waals surface area contributed by atoms with E-state index < -0.39 is 5.08 Å². The van der Waals surface area contributed by atoms with E-state index >= 15 is 0 Å². The maximum Gasteiger partial charge on any atom is 0.180 e. The van der Waals surface area contributed by atoms with Gasteiger partial charge in [0.2, 0.25) is 0 Å². The van der Waals surface area contributed by atoms with Crippen LogP contribution >= 0.6 is 31.9 Å². The first-order chi connectivity index (χ1) is 8.24. The van der Waals surface area contributed by atoms with E-state index in [0.29, 0.717) is 5.56 Å². The van der Waals surface area contributed by atoms with Crippen LogP contribution in [0.25, 0.3) is 0 Å². The van der Waals surface area contributed by atoms with Gasteiger partial charge in [0.1, 0.15) is 0 Å². The standard InChI is InChI=1S/C7H6BrF.C7H7Br/c8-7(9)6-4-2-1-3-5-6;8-6-7-4-2-1-3-5-7/h1-5,7H;1-5H,6H2. The minimum atomic E-state index is -1.03. The van der Waals surface area contributed by atoms with Crippen LogP contribution in [0.5, 0.6) is 0 Å². The van der Waals surface area contributed by atoms with Crippen LogP contribution in [0.2, 0.25) is 0 Å². The molecule has 17 heavy (non-hydrogen) atoms. The molecule has 1 unspecified atom stereocenters. The van der Waals surface area contributed by atoms with E-state index in [0.717, 1.165) is 5.33 Å². The molecule has 0 aliphatic rings. The van der Waals surface area contributed by atoms with Gasteiger partial charge in [0.25, 0.3) is 0 Å². The smallest absolute Gasteiger partial charge is 0.180 e. The molecule has 0 nitrogen and oxygen atoms in total. The summed E-state index contributed by atoms with van der Waals surface area (Å²) in [5.41, 5.74) is 1.99. The third kappa shape index (κ3) is 5.99. The Morgan fingerprint density at radius 1 is 0.882 bits per heavy atom. The molecule has 0 fully saturated rings. The van der Waals surface area contributed by atoms with Gasteiger partial charge in [-0.05, 0) is 27.1 Å². The topological polar surface area (TPSA) is 0 Å². The zero-order chi connectivity index (χ0) is 12.5. The van der Waals surface area contributed by atoms with E-state index in [2.05, 4.69) is 44.0 Å². The van der Waals surface area contributed by atoms with Crippen molar-refractivity contribution in [1.82, 2.24) is 0 Å². The molecule has 0 spiro atoms. The van der Waals surface area contributed by atoms with Crippen molar-refractivity contribution >= 4 is 31.9 Å². The summed E-state index contributed by atoms with van der Waals surface area (Å²) in [5.74, 6) is 0. The number of alkyl halides is 3. The first-order valence-electron chi connectivity index (χ1n) is 5.17. The van der Waals surface area contributed by atoms with Gasteiger partial charge in [-0.15, -0.1) is 0 Å².